The molecule has 1 aromatic heterocycles. The van der Waals surface area contributed by atoms with Crippen LogP contribution in [0.2, 0.25) is 0 Å². The molecule has 8 heteroatoms. The number of piperidine rings is 1. The van der Waals surface area contributed by atoms with Crippen LogP contribution >= 0.6 is 11.8 Å². The summed E-state index contributed by atoms with van der Waals surface area (Å²) in [6.07, 6.45) is 4.49. The molecular weight excluding hydrogens is 385 g/mol. The molecule has 1 atom stereocenters. The Hall–Kier alpha value is -1.80. The molecule has 2 aromatic rings. The number of benzene rings is 1. The third kappa shape index (κ3) is 3.85. The van der Waals surface area contributed by atoms with Crippen LogP contribution < -0.4 is 10.6 Å². The number of anilines is 1. The number of hydrogen-bond acceptors (Lipinski definition) is 5. The van der Waals surface area contributed by atoms with Gasteiger partial charge in [-0.2, -0.15) is 13.2 Å². The standard InChI is InChI=1S/C20H23F3N4S/c21-20(22,23)14-4-1-2-5-15(14)28-18-13-25-17(12-26-18)27-10-8-19(9-11-27)7-3-6-16(19)24/h1-2,4-5,12-13,16H,3,6-11,24H2/t16-/m1/s1. The van der Waals surface area contributed by atoms with Gasteiger partial charge in [0, 0.05) is 24.0 Å². The number of hydrogen-bond donors (Lipinski definition) is 1. The van der Waals surface area contributed by atoms with E-state index in [-0.39, 0.29) is 10.3 Å². The Labute approximate surface area is 166 Å². The van der Waals surface area contributed by atoms with Crippen LogP contribution in [0.5, 0.6) is 0 Å². The molecule has 1 aromatic carbocycles. The zero-order chi connectivity index (χ0) is 19.8. The van der Waals surface area contributed by atoms with E-state index in [2.05, 4.69) is 14.9 Å². The molecule has 0 amide bonds. The second-order valence-electron chi connectivity index (χ2n) is 7.66. The van der Waals surface area contributed by atoms with Crippen molar-refractivity contribution < 1.29 is 13.2 Å². The minimum absolute atomic E-state index is 0.132. The van der Waals surface area contributed by atoms with Crippen molar-refractivity contribution in [3.8, 4) is 0 Å². The third-order valence-electron chi connectivity index (χ3n) is 6.08. The maximum absolute atomic E-state index is 13.1. The van der Waals surface area contributed by atoms with Crippen LogP contribution in [-0.4, -0.2) is 29.1 Å². The lowest BCUT2D eigenvalue weighted by molar-refractivity contribution is -0.139. The monoisotopic (exact) mass is 408 g/mol. The summed E-state index contributed by atoms with van der Waals surface area (Å²) in [5.41, 5.74) is 5.96. The lowest BCUT2D eigenvalue weighted by atomic mass is 9.74. The minimum atomic E-state index is -4.39. The average molecular weight is 408 g/mol. The normalized spacial score (nSPS) is 22.0. The molecule has 1 spiro atoms. The smallest absolute Gasteiger partial charge is 0.355 e. The van der Waals surface area contributed by atoms with Crippen molar-refractivity contribution in [3.63, 3.8) is 0 Å². The number of nitrogens with two attached hydrogens (primary N) is 1. The van der Waals surface area contributed by atoms with E-state index in [4.69, 9.17) is 5.73 Å². The summed E-state index contributed by atoms with van der Waals surface area (Å²) < 4.78 is 39.4. The molecule has 0 radical (unpaired) electrons. The van der Waals surface area contributed by atoms with Gasteiger partial charge in [-0.15, -0.1) is 0 Å². The van der Waals surface area contributed by atoms with E-state index in [9.17, 15) is 13.2 Å². The van der Waals surface area contributed by atoms with Crippen molar-refractivity contribution in [2.24, 2.45) is 11.1 Å². The zero-order valence-electron chi connectivity index (χ0n) is 15.5. The highest BCUT2D eigenvalue weighted by atomic mass is 32.2. The van der Waals surface area contributed by atoms with Gasteiger partial charge in [0.25, 0.3) is 0 Å². The second-order valence-corrected chi connectivity index (χ2v) is 8.72. The van der Waals surface area contributed by atoms with Crippen LogP contribution in [0.15, 0.2) is 46.6 Å². The quantitative estimate of drug-likeness (QED) is 0.795. The van der Waals surface area contributed by atoms with Gasteiger partial charge >= 0.3 is 6.18 Å². The molecule has 2 heterocycles. The molecule has 0 unspecified atom stereocenters. The molecule has 2 aliphatic rings. The summed E-state index contributed by atoms with van der Waals surface area (Å²) in [4.78, 5) is 11.1. The molecule has 1 aliphatic carbocycles. The molecule has 1 saturated carbocycles. The van der Waals surface area contributed by atoms with E-state index in [1.807, 2.05) is 0 Å². The van der Waals surface area contributed by atoms with E-state index in [0.717, 1.165) is 56.0 Å². The Bertz CT molecular complexity index is 817. The largest absolute Gasteiger partial charge is 0.417 e. The van der Waals surface area contributed by atoms with Crippen molar-refractivity contribution in [2.75, 3.05) is 18.0 Å². The Morgan fingerprint density at radius 2 is 1.82 bits per heavy atom. The number of alkyl halides is 3. The van der Waals surface area contributed by atoms with E-state index >= 15 is 0 Å². The minimum Gasteiger partial charge on any atom is -0.355 e. The van der Waals surface area contributed by atoms with Gasteiger partial charge < -0.3 is 10.6 Å². The fourth-order valence-electron chi connectivity index (χ4n) is 4.40. The predicted molar refractivity (Wildman–Crippen MR) is 103 cm³/mol. The van der Waals surface area contributed by atoms with Gasteiger partial charge in [0.2, 0.25) is 0 Å². The highest BCUT2D eigenvalue weighted by Gasteiger charge is 2.43. The Balaban J connectivity index is 1.43. The van der Waals surface area contributed by atoms with Gasteiger partial charge in [-0.1, -0.05) is 30.3 Å². The fraction of sp³-hybridized carbons (Fsp3) is 0.500. The number of halogens is 3. The molecule has 2 fully saturated rings. The maximum Gasteiger partial charge on any atom is 0.417 e. The molecule has 150 valence electrons. The third-order valence-corrected chi connectivity index (χ3v) is 7.08. The molecule has 2 N–H and O–H groups in total. The average Bonchev–Trinajstić information content (AvgIpc) is 3.03. The van der Waals surface area contributed by atoms with Crippen molar-refractivity contribution in [3.05, 3.63) is 42.2 Å². The number of rotatable bonds is 3. The van der Waals surface area contributed by atoms with Gasteiger partial charge in [-0.3, -0.25) is 0 Å². The summed E-state index contributed by atoms with van der Waals surface area (Å²) in [5, 5.41) is 0.451. The highest BCUT2D eigenvalue weighted by Crippen LogP contribution is 2.46. The van der Waals surface area contributed by atoms with Crippen LogP contribution in [0.1, 0.15) is 37.7 Å². The maximum atomic E-state index is 13.1. The van der Waals surface area contributed by atoms with E-state index in [0.29, 0.717) is 11.1 Å². The number of aromatic nitrogens is 2. The first-order chi connectivity index (χ1) is 13.4. The first-order valence-corrected chi connectivity index (χ1v) is 10.4. The predicted octanol–water partition coefficient (Wildman–Crippen LogP) is 4.74. The van der Waals surface area contributed by atoms with Crippen LogP contribution in [0, 0.1) is 5.41 Å². The summed E-state index contributed by atoms with van der Waals surface area (Å²) in [7, 11) is 0. The van der Waals surface area contributed by atoms with Crippen molar-refractivity contribution in [1.29, 1.82) is 0 Å². The van der Waals surface area contributed by atoms with E-state index in [1.165, 1.54) is 25.0 Å². The SMILES string of the molecule is N[C@@H]1CCCC12CCN(c1cnc(Sc3ccccc3C(F)(F)F)cn1)CC2. The Kier molecular flexibility index (Phi) is 5.26. The first-order valence-electron chi connectivity index (χ1n) is 9.54. The lowest BCUT2D eigenvalue weighted by Gasteiger charge is -2.42. The Morgan fingerprint density at radius 1 is 1.07 bits per heavy atom. The van der Waals surface area contributed by atoms with Crippen molar-refractivity contribution in [2.45, 2.75) is 54.2 Å². The first kappa shape index (κ1) is 19.5. The van der Waals surface area contributed by atoms with Crippen LogP contribution in [-0.2, 0) is 6.18 Å². The lowest BCUT2D eigenvalue weighted by Crippen LogP contribution is -2.47. The summed E-state index contributed by atoms with van der Waals surface area (Å²) >= 11 is 0.983. The second kappa shape index (κ2) is 7.55. The van der Waals surface area contributed by atoms with Crippen molar-refractivity contribution in [1.82, 2.24) is 9.97 Å². The van der Waals surface area contributed by atoms with Gasteiger partial charge in [0.1, 0.15) is 10.8 Å². The van der Waals surface area contributed by atoms with Crippen LogP contribution in [0.3, 0.4) is 0 Å². The molecule has 4 rings (SSSR count). The Morgan fingerprint density at radius 3 is 2.43 bits per heavy atom. The summed E-state index contributed by atoms with van der Waals surface area (Å²) in [6.45, 7) is 1.79. The molecule has 1 aliphatic heterocycles. The van der Waals surface area contributed by atoms with E-state index < -0.39 is 11.7 Å². The summed E-state index contributed by atoms with van der Waals surface area (Å²) in [5.74, 6) is 0.773. The van der Waals surface area contributed by atoms with Crippen LogP contribution in [0.4, 0.5) is 19.0 Å². The van der Waals surface area contributed by atoms with Gasteiger partial charge in [0.15, 0.2) is 0 Å². The number of nitrogens with zero attached hydrogens (tertiary/aromatic N) is 3. The molecule has 0 bridgehead atoms. The molecule has 4 nitrogen and oxygen atoms in total. The molecular formula is C20H23F3N4S. The molecule has 1 saturated heterocycles. The topological polar surface area (TPSA) is 55.0 Å². The van der Waals surface area contributed by atoms with Gasteiger partial charge in [-0.05, 0) is 43.2 Å². The van der Waals surface area contributed by atoms with Gasteiger partial charge in [-0.25, -0.2) is 9.97 Å². The summed E-state index contributed by atoms with van der Waals surface area (Å²) in [6, 6.07) is 5.82. The van der Waals surface area contributed by atoms with Crippen LogP contribution in [0.25, 0.3) is 0 Å². The van der Waals surface area contributed by atoms with E-state index in [1.54, 1.807) is 18.5 Å². The van der Waals surface area contributed by atoms with Crippen molar-refractivity contribution >= 4 is 17.6 Å². The fourth-order valence-corrected chi connectivity index (χ4v) is 5.27. The molecule has 28 heavy (non-hydrogen) atoms. The van der Waals surface area contributed by atoms with Gasteiger partial charge in [0.05, 0.1) is 18.0 Å². The zero-order valence-corrected chi connectivity index (χ0v) is 16.3. The highest BCUT2D eigenvalue weighted by molar-refractivity contribution is 7.99.